The minimum atomic E-state index is -4.89. The van der Waals surface area contributed by atoms with E-state index in [0.29, 0.717) is 5.56 Å². The van der Waals surface area contributed by atoms with Gasteiger partial charge < -0.3 is 59.1 Å². The summed E-state index contributed by atoms with van der Waals surface area (Å²) in [5, 5.41) is 21.6. The molecule has 296 valence electrons. The van der Waals surface area contributed by atoms with Crippen LogP contribution in [0.4, 0.5) is 0 Å². The number of amides is 6. The Kier molecular flexibility index (Phi) is 18.9. The highest BCUT2D eigenvalue weighted by Gasteiger charge is 2.33. The molecule has 23 heteroatoms. The highest BCUT2D eigenvalue weighted by molar-refractivity contribution is 7.46. The van der Waals surface area contributed by atoms with Crippen molar-refractivity contribution >= 4 is 55.2 Å². The first kappa shape index (κ1) is 45.7. The SMILES string of the molecule is CC[C@H](NC(=O)[C@H](CCCN=C(N)N)NC(=O)[C@H](Cc1ccc(OP(=O)(O)O)cc1)NC(=O)[C@H](CC(N)=O)NC(=O)CN)C(=O)N[C@H](C(=O)O)C(C)C. The van der Waals surface area contributed by atoms with Gasteiger partial charge in [-0.05, 0) is 42.9 Å². The van der Waals surface area contributed by atoms with Gasteiger partial charge in [-0.25, -0.2) is 9.36 Å². The van der Waals surface area contributed by atoms with Crippen molar-refractivity contribution in [3.8, 4) is 5.75 Å². The van der Waals surface area contributed by atoms with Crippen molar-refractivity contribution in [3.63, 3.8) is 0 Å². The smallest absolute Gasteiger partial charge is 0.480 e. The molecule has 0 aromatic heterocycles. The van der Waals surface area contributed by atoms with Crippen LogP contribution in [-0.2, 0) is 44.5 Å². The average molecular weight is 773 g/mol. The molecule has 1 rings (SSSR count). The number of primary amides is 1. The Hall–Kier alpha value is -5.31. The van der Waals surface area contributed by atoms with Crippen molar-refractivity contribution in [1.82, 2.24) is 26.6 Å². The van der Waals surface area contributed by atoms with Crippen molar-refractivity contribution in [3.05, 3.63) is 29.8 Å². The molecule has 0 aliphatic carbocycles. The topological polar surface area (TPSA) is 383 Å². The number of phosphoric acid groups is 1. The van der Waals surface area contributed by atoms with Crippen molar-refractivity contribution in [2.75, 3.05) is 13.1 Å². The molecule has 1 aromatic rings. The number of nitrogens with zero attached hydrogens (tertiary/aromatic N) is 1. The maximum absolute atomic E-state index is 13.9. The Morgan fingerprint density at radius 3 is 1.83 bits per heavy atom. The monoisotopic (exact) mass is 772 g/mol. The molecule has 0 fully saturated rings. The van der Waals surface area contributed by atoms with Gasteiger partial charge >= 0.3 is 13.8 Å². The second-order valence-electron chi connectivity index (χ2n) is 12.0. The third kappa shape index (κ3) is 17.6. The van der Waals surface area contributed by atoms with E-state index in [4.69, 9.17) is 32.7 Å². The third-order valence-corrected chi connectivity index (χ3v) is 7.76. The zero-order valence-electron chi connectivity index (χ0n) is 29.4. The Morgan fingerprint density at radius 2 is 1.34 bits per heavy atom. The molecule has 16 N–H and O–H groups in total. The number of guanidine groups is 1. The van der Waals surface area contributed by atoms with E-state index in [1.54, 1.807) is 20.8 Å². The summed E-state index contributed by atoms with van der Waals surface area (Å²) in [6.45, 7) is 4.23. The fraction of sp³-hybridized carbons (Fsp3) is 0.533. The lowest BCUT2D eigenvalue weighted by molar-refractivity contribution is -0.143. The number of carboxylic acids is 1. The lowest BCUT2D eigenvalue weighted by Gasteiger charge is -2.27. The number of benzene rings is 1. The van der Waals surface area contributed by atoms with E-state index in [-0.39, 0.29) is 43.9 Å². The van der Waals surface area contributed by atoms with Crippen LogP contribution in [0.15, 0.2) is 29.3 Å². The van der Waals surface area contributed by atoms with Gasteiger partial charge in [-0.2, -0.15) is 0 Å². The number of carbonyl (C=O) groups is 7. The fourth-order valence-electron chi connectivity index (χ4n) is 4.64. The van der Waals surface area contributed by atoms with Crippen molar-refractivity contribution in [2.45, 2.75) is 83.1 Å². The molecular formula is C30H49N10O12P. The van der Waals surface area contributed by atoms with Crippen molar-refractivity contribution in [1.29, 1.82) is 0 Å². The molecule has 0 saturated carbocycles. The van der Waals surface area contributed by atoms with Crippen LogP contribution in [0.5, 0.6) is 5.75 Å². The zero-order valence-corrected chi connectivity index (χ0v) is 30.3. The molecule has 6 amide bonds. The number of rotatable bonds is 23. The maximum atomic E-state index is 13.9. The highest BCUT2D eigenvalue weighted by Crippen LogP contribution is 2.37. The largest absolute Gasteiger partial charge is 0.524 e. The number of carboxylic acid groups (broad SMARTS) is 1. The molecule has 5 atom stereocenters. The van der Waals surface area contributed by atoms with Gasteiger partial charge in [0.1, 0.15) is 36.0 Å². The number of phosphoric ester groups is 1. The molecule has 0 heterocycles. The summed E-state index contributed by atoms with van der Waals surface area (Å²) in [6.07, 6.45) is -0.904. The molecule has 22 nitrogen and oxygen atoms in total. The molecule has 0 unspecified atom stereocenters. The summed E-state index contributed by atoms with van der Waals surface area (Å²) in [6, 6.07) is -1.89. The quantitative estimate of drug-likeness (QED) is 0.0219. The lowest BCUT2D eigenvalue weighted by Crippen LogP contribution is -2.59. The summed E-state index contributed by atoms with van der Waals surface area (Å²) in [5.74, 6) is -7.63. The lowest BCUT2D eigenvalue weighted by atomic mass is 10.0. The van der Waals surface area contributed by atoms with E-state index in [1.807, 2.05) is 0 Å². The Labute approximate surface area is 304 Å². The van der Waals surface area contributed by atoms with Crippen LogP contribution in [-0.4, -0.2) is 106 Å². The van der Waals surface area contributed by atoms with Gasteiger partial charge in [0.25, 0.3) is 0 Å². The van der Waals surface area contributed by atoms with Gasteiger partial charge in [-0.3, -0.25) is 43.5 Å². The number of aliphatic carboxylic acids is 1. The molecule has 0 aliphatic heterocycles. The fourth-order valence-corrected chi connectivity index (χ4v) is 5.04. The second kappa shape index (κ2) is 21.9. The number of nitrogens with one attached hydrogen (secondary N) is 5. The van der Waals surface area contributed by atoms with Crippen LogP contribution in [0.3, 0.4) is 0 Å². The molecule has 0 spiro atoms. The number of carbonyl (C=O) groups excluding carboxylic acids is 6. The average Bonchev–Trinajstić information content (AvgIpc) is 3.05. The third-order valence-electron chi connectivity index (χ3n) is 7.31. The highest BCUT2D eigenvalue weighted by atomic mass is 31.2. The molecule has 0 saturated heterocycles. The van der Waals surface area contributed by atoms with Gasteiger partial charge in [-0.1, -0.05) is 32.9 Å². The van der Waals surface area contributed by atoms with Crippen molar-refractivity contribution in [2.24, 2.45) is 33.8 Å². The zero-order chi connectivity index (χ0) is 40.5. The minimum Gasteiger partial charge on any atom is -0.480 e. The van der Waals surface area contributed by atoms with Gasteiger partial charge in [-0.15, -0.1) is 0 Å². The second-order valence-corrected chi connectivity index (χ2v) is 13.2. The molecule has 0 bridgehead atoms. The maximum Gasteiger partial charge on any atom is 0.524 e. The van der Waals surface area contributed by atoms with Crippen LogP contribution >= 0.6 is 7.82 Å². The summed E-state index contributed by atoms with van der Waals surface area (Å²) in [7, 11) is -4.89. The number of hydrogen-bond donors (Lipinski definition) is 12. The summed E-state index contributed by atoms with van der Waals surface area (Å²) < 4.78 is 15.8. The van der Waals surface area contributed by atoms with Crippen molar-refractivity contribution < 1.29 is 57.5 Å². The van der Waals surface area contributed by atoms with E-state index >= 15 is 0 Å². The van der Waals surface area contributed by atoms with Gasteiger partial charge in [0.15, 0.2) is 5.96 Å². The Bertz CT molecular complexity index is 1530. The predicted molar refractivity (Wildman–Crippen MR) is 188 cm³/mol. The summed E-state index contributed by atoms with van der Waals surface area (Å²) in [4.78, 5) is 111. The first-order valence-electron chi connectivity index (χ1n) is 16.3. The van der Waals surface area contributed by atoms with E-state index in [0.717, 1.165) is 0 Å². The van der Waals surface area contributed by atoms with Gasteiger partial charge in [0, 0.05) is 13.0 Å². The van der Waals surface area contributed by atoms with Crippen LogP contribution in [0, 0.1) is 5.92 Å². The van der Waals surface area contributed by atoms with Crippen LogP contribution < -0.4 is 54.0 Å². The first-order valence-corrected chi connectivity index (χ1v) is 17.8. The van der Waals surface area contributed by atoms with E-state index in [9.17, 15) is 43.2 Å². The standard InChI is InChI=1S/C30H49N10O12P/c1-4-18(25(43)40-24(15(2)3)29(47)48)37-26(44)19(6-5-11-35-30(33)34)38-27(45)20(12-16-7-9-17(10-8-16)52-53(49,50)51)39-28(46)21(13-22(32)41)36-23(42)14-31/h7-10,15,18-21,24H,4-6,11-14,31H2,1-3H3,(H2,32,41)(H,36,42)(H,37,44)(H,38,45)(H,39,46)(H,40,43)(H,47,48)(H4,33,34,35)(H2,49,50,51)/t18-,19-,20-,21-,24-/m0/s1. The van der Waals surface area contributed by atoms with Gasteiger partial charge in [0.2, 0.25) is 35.4 Å². The number of aliphatic imine (C=N–C) groups is 1. The van der Waals surface area contributed by atoms with E-state index in [2.05, 4.69) is 36.1 Å². The predicted octanol–water partition coefficient (Wildman–Crippen LogP) is -3.84. The molecular weight excluding hydrogens is 723 g/mol. The number of hydrogen-bond acceptors (Lipinski definition) is 11. The van der Waals surface area contributed by atoms with Gasteiger partial charge in [0.05, 0.1) is 13.0 Å². The van der Waals surface area contributed by atoms with Crippen LogP contribution in [0.2, 0.25) is 0 Å². The van der Waals surface area contributed by atoms with Crippen LogP contribution in [0.1, 0.15) is 52.0 Å². The molecule has 0 aliphatic rings. The Balaban J connectivity index is 3.47. The molecule has 0 radical (unpaired) electrons. The first-order chi connectivity index (χ1) is 24.7. The normalized spacial score (nSPS) is 13.9. The van der Waals surface area contributed by atoms with E-state index in [1.165, 1.54) is 24.3 Å². The molecule has 53 heavy (non-hydrogen) atoms. The molecule has 1 aromatic carbocycles. The van der Waals surface area contributed by atoms with E-state index < -0.39 is 98.3 Å². The Morgan fingerprint density at radius 1 is 0.811 bits per heavy atom. The van der Waals surface area contributed by atoms with Crippen LogP contribution in [0.25, 0.3) is 0 Å². The summed E-state index contributed by atoms with van der Waals surface area (Å²) >= 11 is 0. The number of nitrogens with two attached hydrogens (primary N) is 4. The minimum absolute atomic E-state index is 0.0346. The summed E-state index contributed by atoms with van der Waals surface area (Å²) in [5.41, 5.74) is 21.7.